The van der Waals surface area contributed by atoms with E-state index in [-0.39, 0.29) is 18.4 Å². The van der Waals surface area contributed by atoms with E-state index in [1.807, 2.05) is 73.0 Å². The Morgan fingerprint density at radius 3 is 2.53 bits per heavy atom. The maximum atomic E-state index is 12.1. The predicted molar refractivity (Wildman–Crippen MR) is 131 cm³/mol. The van der Waals surface area contributed by atoms with Crippen LogP contribution >= 0.6 is 11.8 Å². The largest absolute Gasteiger partial charge is 0.485 e. The number of ether oxygens (including phenoxy) is 2. The second-order valence-corrected chi connectivity index (χ2v) is 8.60. The number of hydrogen-bond donors (Lipinski definition) is 2. The molecule has 0 unspecified atom stereocenters. The fraction of sp³-hybridized carbons (Fsp3) is 0.333. The van der Waals surface area contributed by atoms with Crippen LogP contribution in [0.5, 0.6) is 5.75 Å². The average molecular weight is 484 g/mol. The first-order valence-corrected chi connectivity index (χ1v) is 11.9. The van der Waals surface area contributed by atoms with Crippen LogP contribution < -0.4 is 15.4 Å². The molecule has 0 fully saturated rings. The van der Waals surface area contributed by atoms with Crippen molar-refractivity contribution >= 4 is 23.7 Å². The van der Waals surface area contributed by atoms with Crippen LogP contribution in [0.3, 0.4) is 0 Å². The van der Waals surface area contributed by atoms with Gasteiger partial charge in [0.25, 0.3) is 0 Å². The van der Waals surface area contributed by atoms with Crippen LogP contribution in [0.1, 0.15) is 19.7 Å². The van der Waals surface area contributed by atoms with Crippen LogP contribution in [-0.4, -0.2) is 52.2 Å². The maximum absolute atomic E-state index is 12.1. The molecule has 9 nitrogen and oxygen atoms in total. The van der Waals surface area contributed by atoms with E-state index in [0.29, 0.717) is 24.1 Å². The number of rotatable bonds is 11. The zero-order valence-corrected chi connectivity index (χ0v) is 20.3. The highest BCUT2D eigenvalue weighted by Gasteiger charge is 2.17. The summed E-state index contributed by atoms with van der Waals surface area (Å²) in [6.45, 7) is 4.78. The first-order valence-electron chi connectivity index (χ1n) is 10.9. The second kappa shape index (κ2) is 12.8. The van der Waals surface area contributed by atoms with Crippen molar-refractivity contribution in [3.05, 3.63) is 60.4 Å². The van der Waals surface area contributed by atoms with Gasteiger partial charge >= 0.3 is 6.03 Å². The van der Waals surface area contributed by atoms with Crippen LogP contribution in [-0.2, 0) is 22.7 Å². The third-order valence-corrected chi connectivity index (χ3v) is 5.61. The standard InChI is InChI=1S/C24H29N5O4S/c1-17(2)25-23(31)26-22(30)16-34-24-28-27-21(29(24)13-14-32-3)15-33-20-12-8-7-11-19(20)18-9-5-4-6-10-18/h4-12,17H,13-16H2,1-3H3,(H2,25,26,30,31). The minimum absolute atomic E-state index is 0.0222. The zero-order valence-electron chi connectivity index (χ0n) is 19.5. The average Bonchev–Trinajstić information content (AvgIpc) is 3.21. The molecule has 3 aromatic rings. The smallest absolute Gasteiger partial charge is 0.321 e. The Kier molecular flexibility index (Phi) is 9.48. The molecule has 0 spiro atoms. The summed E-state index contributed by atoms with van der Waals surface area (Å²) in [7, 11) is 1.62. The zero-order chi connectivity index (χ0) is 24.3. The number of amides is 3. The lowest BCUT2D eigenvalue weighted by atomic mass is 10.1. The van der Waals surface area contributed by atoms with Gasteiger partial charge in [0, 0.05) is 25.3 Å². The van der Waals surface area contributed by atoms with Gasteiger partial charge in [-0.3, -0.25) is 10.1 Å². The Hall–Kier alpha value is -3.37. The Morgan fingerprint density at radius 2 is 1.79 bits per heavy atom. The Bertz CT molecular complexity index is 1090. The van der Waals surface area contributed by atoms with Crippen LogP contribution in [0.4, 0.5) is 4.79 Å². The molecule has 2 aromatic carbocycles. The van der Waals surface area contributed by atoms with Gasteiger partial charge in [0.2, 0.25) is 5.91 Å². The van der Waals surface area contributed by atoms with Gasteiger partial charge in [-0.1, -0.05) is 60.3 Å². The molecule has 0 saturated heterocycles. The van der Waals surface area contributed by atoms with Crippen molar-refractivity contribution in [1.82, 2.24) is 25.4 Å². The lowest BCUT2D eigenvalue weighted by molar-refractivity contribution is -0.117. The fourth-order valence-electron chi connectivity index (χ4n) is 3.12. The molecule has 34 heavy (non-hydrogen) atoms. The van der Waals surface area contributed by atoms with Crippen molar-refractivity contribution in [2.45, 2.75) is 38.2 Å². The van der Waals surface area contributed by atoms with Crippen molar-refractivity contribution < 1.29 is 19.1 Å². The number of aromatic nitrogens is 3. The number of nitrogens with one attached hydrogen (secondary N) is 2. The second-order valence-electron chi connectivity index (χ2n) is 7.66. The minimum Gasteiger partial charge on any atom is -0.485 e. The molecule has 1 heterocycles. The molecule has 0 radical (unpaired) electrons. The number of hydrogen-bond acceptors (Lipinski definition) is 7. The number of benzene rings is 2. The minimum atomic E-state index is -0.521. The molecule has 0 aliphatic rings. The van der Waals surface area contributed by atoms with E-state index in [0.717, 1.165) is 16.9 Å². The molecule has 0 bridgehead atoms. The first-order chi connectivity index (χ1) is 16.5. The summed E-state index contributed by atoms with van der Waals surface area (Å²) in [6, 6.07) is 17.2. The van der Waals surface area contributed by atoms with Gasteiger partial charge in [0.15, 0.2) is 11.0 Å². The van der Waals surface area contributed by atoms with E-state index in [1.165, 1.54) is 11.8 Å². The van der Waals surface area contributed by atoms with Gasteiger partial charge in [-0.15, -0.1) is 10.2 Å². The van der Waals surface area contributed by atoms with Crippen molar-refractivity contribution in [3.8, 4) is 16.9 Å². The molecular weight excluding hydrogens is 454 g/mol. The summed E-state index contributed by atoms with van der Waals surface area (Å²) in [5.41, 5.74) is 2.04. The van der Waals surface area contributed by atoms with Gasteiger partial charge < -0.3 is 19.4 Å². The van der Waals surface area contributed by atoms with Crippen LogP contribution in [0, 0.1) is 0 Å². The van der Waals surface area contributed by atoms with Crippen LogP contribution in [0.15, 0.2) is 59.8 Å². The summed E-state index contributed by atoms with van der Waals surface area (Å²) in [4.78, 5) is 23.8. The van der Waals surface area contributed by atoms with E-state index in [1.54, 1.807) is 7.11 Å². The summed E-state index contributed by atoms with van der Waals surface area (Å²) in [5.74, 6) is 0.952. The topological polar surface area (TPSA) is 107 Å². The third-order valence-electron chi connectivity index (χ3n) is 4.65. The van der Waals surface area contributed by atoms with E-state index >= 15 is 0 Å². The fourth-order valence-corrected chi connectivity index (χ4v) is 3.91. The van der Waals surface area contributed by atoms with Gasteiger partial charge in [-0.05, 0) is 25.5 Å². The van der Waals surface area contributed by atoms with E-state index in [4.69, 9.17) is 9.47 Å². The van der Waals surface area contributed by atoms with Gasteiger partial charge in [-0.2, -0.15) is 0 Å². The lowest BCUT2D eigenvalue weighted by Crippen LogP contribution is -2.43. The molecule has 180 valence electrons. The predicted octanol–water partition coefficient (Wildman–Crippen LogP) is 3.50. The van der Waals surface area contributed by atoms with Gasteiger partial charge in [0.05, 0.1) is 12.4 Å². The van der Waals surface area contributed by atoms with Crippen LogP contribution in [0.25, 0.3) is 11.1 Å². The van der Waals surface area contributed by atoms with Gasteiger partial charge in [0.1, 0.15) is 12.4 Å². The van der Waals surface area contributed by atoms with E-state index in [9.17, 15) is 9.59 Å². The molecule has 0 aliphatic heterocycles. The number of thioether (sulfide) groups is 1. The lowest BCUT2D eigenvalue weighted by Gasteiger charge is -2.13. The molecule has 0 saturated carbocycles. The van der Waals surface area contributed by atoms with E-state index < -0.39 is 11.9 Å². The number of urea groups is 1. The molecule has 0 atom stereocenters. The Balaban J connectivity index is 1.68. The highest BCUT2D eigenvalue weighted by Crippen LogP contribution is 2.30. The molecule has 3 amide bonds. The number of imide groups is 1. The number of nitrogens with zero attached hydrogens (tertiary/aromatic N) is 3. The molecule has 0 aliphatic carbocycles. The monoisotopic (exact) mass is 483 g/mol. The normalized spacial score (nSPS) is 10.8. The first kappa shape index (κ1) is 25.3. The maximum Gasteiger partial charge on any atom is 0.321 e. The number of para-hydroxylation sites is 1. The quantitative estimate of drug-likeness (QED) is 0.402. The van der Waals surface area contributed by atoms with Gasteiger partial charge in [-0.25, -0.2) is 4.79 Å². The number of carbonyl (C=O) groups is 2. The summed E-state index contributed by atoms with van der Waals surface area (Å²) >= 11 is 1.20. The molecule has 3 rings (SSSR count). The highest BCUT2D eigenvalue weighted by molar-refractivity contribution is 7.99. The molecule has 1 aromatic heterocycles. The third kappa shape index (κ3) is 7.32. The molecule has 10 heteroatoms. The molecular formula is C24H29N5O4S. The number of methoxy groups -OCH3 is 1. The van der Waals surface area contributed by atoms with Crippen molar-refractivity contribution in [2.75, 3.05) is 19.5 Å². The Morgan fingerprint density at radius 1 is 1.06 bits per heavy atom. The summed E-state index contributed by atoms with van der Waals surface area (Å²) < 4.78 is 13.2. The van der Waals surface area contributed by atoms with Crippen molar-refractivity contribution in [2.24, 2.45) is 0 Å². The Labute approximate surface area is 203 Å². The highest BCUT2D eigenvalue weighted by atomic mass is 32.2. The van der Waals surface area contributed by atoms with Crippen molar-refractivity contribution in [1.29, 1.82) is 0 Å². The number of carbonyl (C=O) groups excluding carboxylic acids is 2. The summed E-state index contributed by atoms with van der Waals surface area (Å²) in [6.07, 6.45) is 0. The van der Waals surface area contributed by atoms with Crippen molar-refractivity contribution in [3.63, 3.8) is 0 Å². The SMILES string of the molecule is COCCn1c(COc2ccccc2-c2ccccc2)nnc1SCC(=O)NC(=O)NC(C)C. The van der Waals surface area contributed by atoms with E-state index in [2.05, 4.69) is 20.8 Å². The summed E-state index contributed by atoms with van der Waals surface area (Å²) in [5, 5.41) is 14.0. The van der Waals surface area contributed by atoms with Crippen LogP contribution in [0.2, 0.25) is 0 Å². The molecule has 2 N–H and O–H groups in total.